The molecule has 1 aromatic carbocycles. The van der Waals surface area contributed by atoms with Crippen LogP contribution in [0.15, 0.2) is 23.7 Å². The summed E-state index contributed by atoms with van der Waals surface area (Å²) >= 11 is 11.9. The van der Waals surface area contributed by atoms with Gasteiger partial charge in [0.2, 0.25) is 0 Å². The van der Waals surface area contributed by atoms with Crippen LogP contribution in [0.1, 0.15) is 16.8 Å². The highest BCUT2D eigenvalue weighted by Crippen LogP contribution is 2.43. The van der Waals surface area contributed by atoms with Crippen molar-refractivity contribution in [2.45, 2.75) is 12.4 Å². The maximum atomic E-state index is 13.3. The number of halogens is 8. The number of nitriles is 1. The number of allylic oxidation sites excluding steroid dienone is 1. The van der Waals surface area contributed by atoms with Crippen LogP contribution in [-0.4, -0.2) is 41.3 Å². The Balaban J connectivity index is 2.90. The van der Waals surface area contributed by atoms with E-state index >= 15 is 0 Å². The zero-order valence-electron chi connectivity index (χ0n) is 15.2. The molecule has 160 valence electrons. The van der Waals surface area contributed by atoms with E-state index in [1.807, 2.05) is 0 Å². The number of rotatable bonds is 4. The minimum Gasteiger partial charge on any atom is -0.369 e. The zero-order chi connectivity index (χ0) is 23.0. The highest BCUT2D eigenvalue weighted by molar-refractivity contribution is 6.38. The summed E-state index contributed by atoms with van der Waals surface area (Å²) in [7, 11) is 3.04. The van der Waals surface area contributed by atoms with Gasteiger partial charge in [0, 0.05) is 14.1 Å². The summed E-state index contributed by atoms with van der Waals surface area (Å²) in [4.78, 5) is 5.26. The maximum absolute atomic E-state index is 13.3. The average molecular weight is 470 g/mol. The van der Waals surface area contributed by atoms with Crippen LogP contribution >= 0.6 is 23.2 Å². The van der Waals surface area contributed by atoms with E-state index in [0.717, 1.165) is 6.34 Å². The number of hydrogen-bond acceptors (Lipinski definition) is 3. The van der Waals surface area contributed by atoms with E-state index in [1.54, 1.807) is 0 Å². The molecular formula is C17H11Cl2F6N5. The SMILES string of the molecule is C=C(c1c(C#N)nn(-c2c(Cl)cc(C(F)(F)F)cc2Cl)c1/N=C\N(C)C)C(F)(F)F. The molecule has 0 fully saturated rings. The first-order valence-corrected chi connectivity index (χ1v) is 8.50. The molecule has 30 heavy (non-hydrogen) atoms. The van der Waals surface area contributed by atoms with Crippen LogP contribution in [0, 0.1) is 11.3 Å². The molecule has 0 atom stereocenters. The summed E-state index contributed by atoms with van der Waals surface area (Å²) in [6, 6.07) is 2.57. The Kier molecular flexibility index (Phi) is 6.44. The molecule has 0 aliphatic carbocycles. The summed E-state index contributed by atoms with van der Waals surface area (Å²) in [5.74, 6) is -0.536. The maximum Gasteiger partial charge on any atom is 0.416 e. The van der Waals surface area contributed by atoms with Gasteiger partial charge in [0.15, 0.2) is 11.5 Å². The number of aromatic nitrogens is 2. The molecule has 0 unspecified atom stereocenters. The van der Waals surface area contributed by atoms with E-state index in [-0.39, 0.29) is 5.69 Å². The van der Waals surface area contributed by atoms with Crippen molar-refractivity contribution < 1.29 is 26.3 Å². The Morgan fingerprint density at radius 3 is 2.13 bits per heavy atom. The van der Waals surface area contributed by atoms with E-state index in [4.69, 9.17) is 23.2 Å². The quantitative estimate of drug-likeness (QED) is 0.319. The number of hydrogen-bond donors (Lipinski definition) is 0. The topological polar surface area (TPSA) is 57.2 Å². The van der Waals surface area contributed by atoms with Crippen molar-refractivity contribution in [3.05, 3.63) is 45.6 Å². The Hall–Kier alpha value is -2.71. The molecule has 1 heterocycles. The predicted molar refractivity (Wildman–Crippen MR) is 100 cm³/mol. The second-order valence-corrected chi connectivity index (χ2v) is 6.86. The number of nitrogens with zero attached hydrogens (tertiary/aromatic N) is 5. The smallest absolute Gasteiger partial charge is 0.369 e. The van der Waals surface area contributed by atoms with Crippen molar-refractivity contribution in [3.8, 4) is 11.8 Å². The van der Waals surface area contributed by atoms with E-state index < -0.39 is 50.6 Å². The van der Waals surface area contributed by atoms with Crippen LogP contribution in [-0.2, 0) is 6.18 Å². The van der Waals surface area contributed by atoms with Gasteiger partial charge in [-0.05, 0) is 12.1 Å². The lowest BCUT2D eigenvalue weighted by molar-refractivity contribution is -0.137. The van der Waals surface area contributed by atoms with Crippen LogP contribution < -0.4 is 0 Å². The third-order valence-corrected chi connectivity index (χ3v) is 4.15. The molecule has 0 aliphatic rings. The molecule has 0 saturated heterocycles. The standard InChI is InChI=1S/C17H11Cl2F6N5/c1-8(16(20,21)22)13-12(6-26)28-30(15(13)27-7-29(2)3)14-10(18)4-9(5-11(14)19)17(23,24)25/h4-5,7H,1H2,2-3H3/b27-7-. The van der Waals surface area contributed by atoms with Crippen molar-refractivity contribution >= 4 is 40.9 Å². The molecule has 0 saturated carbocycles. The molecule has 0 aliphatic heterocycles. The van der Waals surface area contributed by atoms with Crippen molar-refractivity contribution in [3.63, 3.8) is 0 Å². The normalized spacial score (nSPS) is 12.3. The van der Waals surface area contributed by atoms with E-state index in [9.17, 15) is 31.6 Å². The van der Waals surface area contributed by atoms with Gasteiger partial charge in [-0.2, -0.15) is 36.7 Å². The van der Waals surface area contributed by atoms with Crippen LogP contribution in [0.4, 0.5) is 32.2 Å². The Morgan fingerprint density at radius 2 is 1.73 bits per heavy atom. The largest absolute Gasteiger partial charge is 0.416 e. The summed E-state index contributed by atoms with van der Waals surface area (Å²) in [6.45, 7) is 2.96. The molecular weight excluding hydrogens is 459 g/mol. The van der Waals surface area contributed by atoms with Gasteiger partial charge in [-0.3, -0.25) is 0 Å². The fraction of sp³-hybridized carbons (Fsp3) is 0.235. The van der Waals surface area contributed by atoms with Gasteiger partial charge < -0.3 is 4.90 Å². The summed E-state index contributed by atoms with van der Waals surface area (Å²) in [5.41, 5.74) is -4.44. The fourth-order valence-corrected chi connectivity index (χ4v) is 2.93. The van der Waals surface area contributed by atoms with Gasteiger partial charge in [-0.1, -0.05) is 29.8 Å². The lowest BCUT2D eigenvalue weighted by atomic mass is 10.1. The molecule has 0 spiro atoms. The highest BCUT2D eigenvalue weighted by Gasteiger charge is 2.39. The van der Waals surface area contributed by atoms with Gasteiger partial charge in [0.1, 0.15) is 11.8 Å². The monoisotopic (exact) mass is 469 g/mol. The fourth-order valence-electron chi connectivity index (χ4n) is 2.28. The van der Waals surface area contributed by atoms with Crippen LogP contribution in [0.2, 0.25) is 10.0 Å². The lowest BCUT2D eigenvalue weighted by Gasteiger charge is -2.14. The minimum absolute atomic E-state index is 0.380. The molecule has 2 aromatic rings. The second kappa shape index (κ2) is 8.20. The lowest BCUT2D eigenvalue weighted by Crippen LogP contribution is -2.11. The molecule has 0 N–H and O–H groups in total. The Labute approximate surface area is 176 Å². The van der Waals surface area contributed by atoms with Crippen molar-refractivity contribution in [1.82, 2.24) is 14.7 Å². The molecule has 2 rings (SSSR count). The highest BCUT2D eigenvalue weighted by atomic mass is 35.5. The van der Waals surface area contributed by atoms with Crippen molar-refractivity contribution in [2.24, 2.45) is 4.99 Å². The minimum atomic E-state index is -4.93. The zero-order valence-corrected chi connectivity index (χ0v) is 16.7. The van der Waals surface area contributed by atoms with Gasteiger partial charge in [0.25, 0.3) is 0 Å². The van der Waals surface area contributed by atoms with E-state index in [2.05, 4.69) is 16.7 Å². The second-order valence-electron chi connectivity index (χ2n) is 6.04. The molecule has 0 bridgehead atoms. The number of aliphatic imine (C=N–C) groups is 1. The first kappa shape index (κ1) is 23.6. The van der Waals surface area contributed by atoms with Crippen molar-refractivity contribution in [2.75, 3.05) is 14.1 Å². The molecule has 13 heteroatoms. The van der Waals surface area contributed by atoms with Crippen molar-refractivity contribution in [1.29, 1.82) is 5.26 Å². The molecule has 5 nitrogen and oxygen atoms in total. The summed E-state index contributed by atoms with van der Waals surface area (Å²) < 4.78 is 79.5. The first-order valence-electron chi connectivity index (χ1n) is 7.75. The third-order valence-electron chi connectivity index (χ3n) is 3.58. The van der Waals surface area contributed by atoms with Crippen LogP contribution in [0.5, 0.6) is 0 Å². The third kappa shape index (κ3) is 4.71. The molecule has 1 aromatic heterocycles. The Bertz CT molecular complexity index is 1040. The number of benzene rings is 1. The van der Waals surface area contributed by atoms with Crippen LogP contribution in [0.3, 0.4) is 0 Å². The van der Waals surface area contributed by atoms with Crippen LogP contribution in [0.25, 0.3) is 11.3 Å². The predicted octanol–water partition coefficient (Wildman–Crippen LogP) is 5.87. The van der Waals surface area contributed by atoms with Gasteiger partial charge in [-0.15, -0.1) is 0 Å². The number of alkyl halides is 6. The first-order chi connectivity index (χ1) is 13.7. The average Bonchev–Trinajstić information content (AvgIpc) is 2.95. The van der Waals surface area contributed by atoms with E-state index in [1.165, 1.54) is 25.1 Å². The van der Waals surface area contributed by atoms with Gasteiger partial charge >= 0.3 is 12.4 Å². The molecule has 0 radical (unpaired) electrons. The van der Waals surface area contributed by atoms with Gasteiger partial charge in [-0.25, -0.2) is 9.67 Å². The van der Waals surface area contributed by atoms with E-state index in [0.29, 0.717) is 16.8 Å². The Morgan fingerprint density at radius 1 is 1.20 bits per heavy atom. The summed E-state index contributed by atoms with van der Waals surface area (Å²) in [5, 5.41) is 11.9. The molecule has 0 amide bonds. The summed E-state index contributed by atoms with van der Waals surface area (Å²) in [6.07, 6.45) is -8.60. The van der Waals surface area contributed by atoms with Gasteiger partial charge in [0.05, 0.1) is 33.1 Å².